The van der Waals surface area contributed by atoms with Crippen molar-refractivity contribution in [3.63, 3.8) is 0 Å². The Morgan fingerprint density at radius 1 is 1.05 bits per heavy atom. The highest BCUT2D eigenvalue weighted by molar-refractivity contribution is 7.54. The van der Waals surface area contributed by atoms with E-state index in [0.717, 1.165) is 24.3 Å². The molecule has 1 unspecified atom stereocenters. The van der Waals surface area contributed by atoms with E-state index in [4.69, 9.17) is 13.8 Å². The van der Waals surface area contributed by atoms with Gasteiger partial charge in [-0.2, -0.15) is 0 Å². The van der Waals surface area contributed by atoms with Crippen molar-refractivity contribution in [2.45, 2.75) is 37.9 Å². The maximum absolute atomic E-state index is 12.9. The Kier molecular flexibility index (Phi) is 6.30. The van der Waals surface area contributed by atoms with E-state index < -0.39 is 7.60 Å². The van der Waals surface area contributed by atoms with Gasteiger partial charge in [-0.05, 0) is 43.0 Å². The van der Waals surface area contributed by atoms with Gasteiger partial charge in [0.1, 0.15) is 11.5 Å². The largest absolute Gasteiger partial charge is 0.497 e. The average molecular weight is 327 g/mol. The fourth-order valence-corrected chi connectivity index (χ4v) is 4.79. The molecule has 1 atom stereocenters. The van der Waals surface area contributed by atoms with Crippen LogP contribution in [0.3, 0.4) is 0 Å². The zero-order chi connectivity index (χ0) is 16.0. The van der Waals surface area contributed by atoms with E-state index in [9.17, 15) is 4.57 Å². The van der Waals surface area contributed by atoms with Crippen molar-refractivity contribution < 1.29 is 18.3 Å². The number of benzene rings is 1. The number of methoxy groups -OCH3 is 1. The molecule has 0 aromatic heterocycles. The van der Waals surface area contributed by atoms with Crippen LogP contribution in [0.1, 0.15) is 32.1 Å². The van der Waals surface area contributed by atoms with Crippen molar-refractivity contribution in [2.75, 3.05) is 26.6 Å². The van der Waals surface area contributed by atoms with E-state index in [-0.39, 0.29) is 5.78 Å². The molecule has 2 rings (SSSR count). The Labute approximate surface area is 132 Å². The minimum Gasteiger partial charge on any atom is -0.497 e. The van der Waals surface area contributed by atoms with Crippen LogP contribution in [-0.4, -0.2) is 27.1 Å². The van der Waals surface area contributed by atoms with Crippen LogP contribution < -0.4 is 10.1 Å². The van der Waals surface area contributed by atoms with Gasteiger partial charge in [0.15, 0.2) is 0 Å². The van der Waals surface area contributed by atoms with Gasteiger partial charge in [-0.25, -0.2) is 0 Å². The fraction of sp³-hybridized carbons (Fsp3) is 0.625. The lowest BCUT2D eigenvalue weighted by atomic mass is 9.89. The van der Waals surface area contributed by atoms with Crippen LogP contribution in [0.15, 0.2) is 24.3 Å². The highest BCUT2D eigenvalue weighted by atomic mass is 31.2. The summed E-state index contributed by atoms with van der Waals surface area (Å²) >= 11 is 0. The standard InChI is InChI=1S/C16H26NO4P/c1-19-15-11-9-14(10-12-15)17-16(22(18,20-2)21-3)13-7-5-4-6-8-13/h9-13,16-17H,4-8H2,1-3H3. The van der Waals surface area contributed by atoms with Crippen molar-refractivity contribution >= 4 is 13.3 Å². The molecule has 1 aliphatic rings. The minimum absolute atomic E-state index is 0.293. The summed E-state index contributed by atoms with van der Waals surface area (Å²) in [7, 11) is 1.36. The second-order valence-corrected chi connectivity index (χ2v) is 7.99. The molecule has 1 N–H and O–H groups in total. The first-order valence-electron chi connectivity index (χ1n) is 7.74. The van der Waals surface area contributed by atoms with Gasteiger partial charge in [-0.3, -0.25) is 4.57 Å². The maximum Gasteiger partial charge on any atom is 0.352 e. The topological polar surface area (TPSA) is 56.8 Å². The molecular weight excluding hydrogens is 301 g/mol. The number of ether oxygens (including phenoxy) is 1. The highest BCUT2D eigenvalue weighted by Crippen LogP contribution is 2.56. The Balaban J connectivity index is 2.20. The Morgan fingerprint density at radius 2 is 1.64 bits per heavy atom. The first-order valence-corrected chi connectivity index (χ1v) is 9.36. The zero-order valence-electron chi connectivity index (χ0n) is 13.6. The second-order valence-electron chi connectivity index (χ2n) is 5.62. The van der Waals surface area contributed by atoms with Gasteiger partial charge in [0.05, 0.1) is 7.11 Å². The molecule has 0 aliphatic heterocycles. The molecule has 0 saturated heterocycles. The molecular formula is C16H26NO4P. The zero-order valence-corrected chi connectivity index (χ0v) is 14.5. The van der Waals surface area contributed by atoms with Crippen LogP contribution in [0.2, 0.25) is 0 Å². The van der Waals surface area contributed by atoms with Gasteiger partial charge >= 0.3 is 7.60 Å². The van der Waals surface area contributed by atoms with Gasteiger partial charge in [0.25, 0.3) is 0 Å². The summed E-state index contributed by atoms with van der Waals surface area (Å²) in [4.78, 5) is 0. The lowest BCUT2D eigenvalue weighted by Crippen LogP contribution is -2.31. The molecule has 0 spiro atoms. The maximum atomic E-state index is 12.9. The van der Waals surface area contributed by atoms with E-state index in [1.807, 2.05) is 24.3 Å². The van der Waals surface area contributed by atoms with E-state index in [1.54, 1.807) is 7.11 Å². The summed E-state index contributed by atoms with van der Waals surface area (Å²) in [5.74, 6) is 0.763. The van der Waals surface area contributed by atoms with Crippen LogP contribution >= 0.6 is 7.60 Å². The summed E-state index contributed by atoms with van der Waals surface area (Å²) in [6, 6.07) is 7.60. The Hall–Kier alpha value is -1.03. The monoisotopic (exact) mass is 327 g/mol. The van der Waals surface area contributed by atoms with E-state index in [1.165, 1.54) is 33.5 Å². The van der Waals surface area contributed by atoms with Crippen LogP contribution in [0.4, 0.5) is 5.69 Å². The predicted molar refractivity (Wildman–Crippen MR) is 88.6 cm³/mol. The quantitative estimate of drug-likeness (QED) is 0.747. The van der Waals surface area contributed by atoms with E-state index >= 15 is 0 Å². The Bertz CT molecular complexity index is 491. The molecule has 1 saturated carbocycles. The predicted octanol–water partition coefficient (Wildman–Crippen LogP) is 4.50. The van der Waals surface area contributed by atoms with Crippen molar-refractivity contribution in [3.05, 3.63) is 24.3 Å². The van der Waals surface area contributed by atoms with Crippen molar-refractivity contribution in [3.8, 4) is 5.75 Å². The van der Waals surface area contributed by atoms with Gasteiger partial charge in [0.2, 0.25) is 0 Å². The smallest absolute Gasteiger partial charge is 0.352 e. The summed E-state index contributed by atoms with van der Waals surface area (Å²) in [6.07, 6.45) is 5.67. The second kappa shape index (κ2) is 8.00. The van der Waals surface area contributed by atoms with Crippen LogP contribution in [0.25, 0.3) is 0 Å². The fourth-order valence-electron chi connectivity index (χ4n) is 3.06. The molecule has 1 aromatic carbocycles. The number of hydrogen-bond acceptors (Lipinski definition) is 5. The highest BCUT2D eigenvalue weighted by Gasteiger charge is 2.40. The molecule has 124 valence electrons. The number of anilines is 1. The Morgan fingerprint density at radius 3 is 2.14 bits per heavy atom. The SMILES string of the molecule is COc1ccc(NC(C2CCCCC2)P(=O)(OC)OC)cc1. The van der Waals surface area contributed by atoms with Gasteiger partial charge < -0.3 is 19.1 Å². The molecule has 1 aliphatic carbocycles. The van der Waals surface area contributed by atoms with Crippen LogP contribution in [-0.2, 0) is 13.6 Å². The van der Waals surface area contributed by atoms with Crippen molar-refractivity contribution in [1.82, 2.24) is 0 Å². The normalized spacial score (nSPS) is 18.0. The summed E-state index contributed by atoms with van der Waals surface area (Å²) < 4.78 is 28.6. The lowest BCUT2D eigenvalue weighted by Gasteiger charge is -2.34. The van der Waals surface area contributed by atoms with Crippen LogP contribution in [0.5, 0.6) is 5.75 Å². The number of nitrogens with one attached hydrogen (secondary N) is 1. The first kappa shape index (κ1) is 17.3. The third kappa shape index (κ3) is 4.03. The molecule has 1 fully saturated rings. The lowest BCUT2D eigenvalue weighted by molar-refractivity contribution is 0.244. The molecule has 5 nitrogen and oxygen atoms in total. The third-order valence-corrected chi connectivity index (χ3v) is 6.60. The third-order valence-electron chi connectivity index (χ3n) is 4.35. The molecule has 0 radical (unpaired) electrons. The average Bonchev–Trinajstić information content (AvgIpc) is 2.60. The molecule has 0 heterocycles. The molecule has 22 heavy (non-hydrogen) atoms. The molecule has 1 aromatic rings. The first-order chi connectivity index (χ1) is 10.6. The van der Waals surface area contributed by atoms with E-state index in [0.29, 0.717) is 5.92 Å². The van der Waals surface area contributed by atoms with Gasteiger partial charge in [-0.15, -0.1) is 0 Å². The summed E-state index contributed by atoms with van der Waals surface area (Å²) in [5.41, 5.74) is 0.894. The number of rotatable bonds is 7. The van der Waals surface area contributed by atoms with Crippen LogP contribution in [0, 0.1) is 5.92 Å². The molecule has 6 heteroatoms. The van der Waals surface area contributed by atoms with Crippen molar-refractivity contribution in [1.29, 1.82) is 0 Å². The van der Waals surface area contributed by atoms with Gasteiger partial charge in [-0.1, -0.05) is 19.3 Å². The number of hydrogen-bond donors (Lipinski definition) is 1. The molecule has 0 amide bonds. The minimum atomic E-state index is -3.19. The van der Waals surface area contributed by atoms with Crippen molar-refractivity contribution in [2.24, 2.45) is 5.92 Å². The summed E-state index contributed by atoms with van der Waals surface area (Å²) in [6.45, 7) is 0. The summed E-state index contributed by atoms with van der Waals surface area (Å²) in [5, 5.41) is 3.37. The van der Waals surface area contributed by atoms with E-state index in [2.05, 4.69) is 5.32 Å². The molecule has 0 bridgehead atoms. The van der Waals surface area contributed by atoms with Gasteiger partial charge in [0, 0.05) is 19.9 Å².